The molecule has 0 N–H and O–H groups in total. The van der Waals surface area contributed by atoms with Crippen LogP contribution in [0.25, 0.3) is 0 Å². The Morgan fingerprint density at radius 1 is 1.06 bits per heavy atom. The predicted octanol–water partition coefficient (Wildman–Crippen LogP) is 4.91. The van der Waals surface area contributed by atoms with E-state index in [1.807, 2.05) is 24.4 Å². The van der Waals surface area contributed by atoms with E-state index in [0.29, 0.717) is 12.2 Å². The van der Waals surface area contributed by atoms with E-state index in [2.05, 4.69) is 77.7 Å². The molecule has 0 amide bonds. The van der Waals surface area contributed by atoms with E-state index >= 15 is 0 Å². The molecule has 0 aliphatic carbocycles. The number of allylic oxidation sites excluding steroid dienone is 1. The van der Waals surface area contributed by atoms with Crippen LogP contribution in [0.5, 0.6) is 5.75 Å². The Balaban J connectivity index is 1.30. The van der Waals surface area contributed by atoms with Crippen molar-refractivity contribution in [3.63, 3.8) is 0 Å². The fraction of sp³-hybridized carbons (Fsp3) is 0.267. The molecule has 176 valence electrons. The van der Waals surface area contributed by atoms with Gasteiger partial charge in [-0.15, -0.1) is 0 Å². The smallest absolute Gasteiger partial charge is 0.119 e. The van der Waals surface area contributed by atoms with Crippen LogP contribution in [0.4, 0.5) is 0 Å². The van der Waals surface area contributed by atoms with Crippen molar-refractivity contribution in [1.82, 2.24) is 14.8 Å². The minimum atomic E-state index is -0.286. The highest BCUT2D eigenvalue weighted by molar-refractivity contribution is 5.55. The van der Waals surface area contributed by atoms with Gasteiger partial charge in [0.25, 0.3) is 0 Å². The number of hydrogen-bond donors (Lipinski definition) is 0. The molecule has 0 saturated heterocycles. The lowest BCUT2D eigenvalue weighted by Crippen LogP contribution is -2.47. The molecule has 1 atom stereocenters. The summed E-state index contributed by atoms with van der Waals surface area (Å²) in [6, 6.07) is 24.5. The van der Waals surface area contributed by atoms with Crippen molar-refractivity contribution >= 4 is 0 Å². The number of pyridine rings is 1. The maximum absolute atomic E-state index is 8.92. The van der Waals surface area contributed by atoms with Crippen molar-refractivity contribution in [2.75, 3.05) is 33.3 Å². The summed E-state index contributed by atoms with van der Waals surface area (Å²) in [5, 5.41) is 8.92. The Morgan fingerprint density at radius 2 is 1.89 bits per heavy atom. The summed E-state index contributed by atoms with van der Waals surface area (Å²) in [6.45, 7) is 4.28. The number of nitriles is 1. The van der Waals surface area contributed by atoms with Gasteiger partial charge in [-0.3, -0.25) is 4.98 Å². The van der Waals surface area contributed by atoms with Crippen LogP contribution in [0, 0.1) is 11.3 Å². The maximum atomic E-state index is 8.92. The maximum Gasteiger partial charge on any atom is 0.119 e. The first-order chi connectivity index (χ1) is 17.2. The van der Waals surface area contributed by atoms with Crippen molar-refractivity contribution in [3.8, 4) is 11.8 Å². The quantitative estimate of drug-likeness (QED) is 0.467. The second kappa shape index (κ2) is 10.2. The number of aromatic nitrogens is 1. The molecule has 3 heterocycles. The van der Waals surface area contributed by atoms with E-state index in [1.54, 1.807) is 12.1 Å². The van der Waals surface area contributed by atoms with Crippen molar-refractivity contribution in [2.45, 2.75) is 18.4 Å². The number of rotatable bonds is 7. The van der Waals surface area contributed by atoms with Gasteiger partial charge in [-0.05, 0) is 78.8 Å². The second-order valence-corrected chi connectivity index (χ2v) is 9.26. The molecular weight excluding hydrogens is 432 g/mol. The number of nitrogens with zero attached hydrogens (tertiary/aromatic N) is 4. The first kappa shape index (κ1) is 22.9. The summed E-state index contributed by atoms with van der Waals surface area (Å²) in [4.78, 5) is 9.58. The standard InChI is InChI=1S/C30H30N4O/c1-33-22-25-7-2-3-8-28(25)30(23-33,29-9-4-5-16-32-29)26-14-18-34(19-15-26)17-6-20-35-27-12-10-24(21-31)11-13-27/h2-5,7-16,18H,6,17,19-20,22-23H2,1H3. The zero-order valence-corrected chi connectivity index (χ0v) is 20.1. The largest absolute Gasteiger partial charge is 0.494 e. The molecule has 5 heteroatoms. The zero-order chi connectivity index (χ0) is 24.1. The summed E-state index contributed by atoms with van der Waals surface area (Å²) in [7, 11) is 2.20. The normalized spacial score (nSPS) is 19.5. The van der Waals surface area contributed by atoms with Gasteiger partial charge in [0.1, 0.15) is 5.75 Å². The molecule has 0 fully saturated rings. The number of likely N-dealkylation sites (N-methyl/N-ethyl adjacent to an activating group) is 1. The number of ether oxygens (including phenoxy) is 1. The van der Waals surface area contributed by atoms with Gasteiger partial charge in [0.15, 0.2) is 0 Å². The summed E-state index contributed by atoms with van der Waals surface area (Å²) in [5.74, 6) is 0.803. The van der Waals surface area contributed by atoms with Gasteiger partial charge in [0.05, 0.1) is 29.3 Å². The molecule has 0 bridgehead atoms. The van der Waals surface area contributed by atoms with E-state index < -0.39 is 0 Å². The van der Waals surface area contributed by atoms with Gasteiger partial charge < -0.3 is 14.5 Å². The third kappa shape index (κ3) is 4.71. The van der Waals surface area contributed by atoms with E-state index in [-0.39, 0.29) is 5.41 Å². The molecule has 1 aromatic heterocycles. The van der Waals surface area contributed by atoms with E-state index in [0.717, 1.165) is 44.0 Å². The van der Waals surface area contributed by atoms with E-state index in [4.69, 9.17) is 15.0 Å². The second-order valence-electron chi connectivity index (χ2n) is 9.26. The fourth-order valence-electron chi connectivity index (χ4n) is 5.24. The van der Waals surface area contributed by atoms with Gasteiger partial charge in [-0.1, -0.05) is 36.4 Å². The molecule has 35 heavy (non-hydrogen) atoms. The van der Waals surface area contributed by atoms with Crippen LogP contribution in [-0.4, -0.2) is 48.1 Å². The van der Waals surface area contributed by atoms with Gasteiger partial charge in [-0.2, -0.15) is 5.26 Å². The summed E-state index contributed by atoms with van der Waals surface area (Å²) >= 11 is 0. The average Bonchev–Trinajstić information content (AvgIpc) is 2.92. The molecule has 5 rings (SSSR count). The van der Waals surface area contributed by atoms with Crippen molar-refractivity contribution in [2.24, 2.45) is 0 Å². The molecule has 1 unspecified atom stereocenters. The van der Waals surface area contributed by atoms with Crippen LogP contribution in [0.1, 0.15) is 28.8 Å². The predicted molar refractivity (Wildman–Crippen MR) is 138 cm³/mol. The van der Waals surface area contributed by atoms with Crippen molar-refractivity contribution in [3.05, 3.63) is 119 Å². The van der Waals surface area contributed by atoms with Gasteiger partial charge in [0, 0.05) is 32.4 Å². The van der Waals surface area contributed by atoms with Crippen LogP contribution >= 0.6 is 0 Å². The third-order valence-electron chi connectivity index (χ3n) is 6.87. The molecular formula is C30H30N4O. The molecule has 0 radical (unpaired) electrons. The highest BCUT2D eigenvalue weighted by Crippen LogP contribution is 2.44. The lowest BCUT2D eigenvalue weighted by Gasteiger charge is -2.44. The Kier molecular flexibility index (Phi) is 6.65. The van der Waals surface area contributed by atoms with Gasteiger partial charge >= 0.3 is 0 Å². The molecule has 2 aromatic carbocycles. The van der Waals surface area contributed by atoms with Crippen LogP contribution in [0.3, 0.4) is 0 Å². The molecule has 5 nitrogen and oxygen atoms in total. The minimum Gasteiger partial charge on any atom is -0.494 e. The molecule has 0 spiro atoms. The number of hydrogen-bond acceptors (Lipinski definition) is 5. The number of fused-ring (bicyclic) bond motifs is 1. The number of benzene rings is 2. The molecule has 3 aromatic rings. The summed E-state index contributed by atoms with van der Waals surface area (Å²) in [6.07, 6.45) is 9.69. The lowest BCUT2D eigenvalue weighted by atomic mass is 9.67. The highest BCUT2D eigenvalue weighted by atomic mass is 16.5. The first-order valence-corrected chi connectivity index (χ1v) is 12.1. The average molecular weight is 463 g/mol. The Hall–Kier alpha value is -3.88. The monoisotopic (exact) mass is 462 g/mol. The van der Waals surface area contributed by atoms with Crippen molar-refractivity contribution in [1.29, 1.82) is 5.26 Å². The molecule has 2 aliphatic heterocycles. The van der Waals surface area contributed by atoms with Gasteiger partial charge in [0.2, 0.25) is 0 Å². The van der Waals surface area contributed by atoms with Crippen LogP contribution in [0.15, 0.2) is 96.9 Å². The van der Waals surface area contributed by atoms with E-state index in [9.17, 15) is 0 Å². The zero-order valence-electron chi connectivity index (χ0n) is 20.1. The third-order valence-corrected chi connectivity index (χ3v) is 6.87. The van der Waals surface area contributed by atoms with Crippen LogP contribution < -0.4 is 4.74 Å². The topological polar surface area (TPSA) is 52.4 Å². The highest BCUT2D eigenvalue weighted by Gasteiger charge is 2.43. The Morgan fingerprint density at radius 3 is 2.63 bits per heavy atom. The summed E-state index contributed by atoms with van der Waals surface area (Å²) < 4.78 is 5.85. The molecule has 2 aliphatic rings. The molecule has 0 saturated carbocycles. The van der Waals surface area contributed by atoms with Crippen molar-refractivity contribution < 1.29 is 4.74 Å². The fourth-order valence-corrected chi connectivity index (χ4v) is 5.24. The minimum absolute atomic E-state index is 0.286. The summed E-state index contributed by atoms with van der Waals surface area (Å²) in [5.41, 5.74) is 5.49. The Bertz CT molecular complexity index is 1260. The van der Waals surface area contributed by atoms with E-state index in [1.165, 1.54) is 16.7 Å². The van der Waals surface area contributed by atoms with Crippen LogP contribution in [0.2, 0.25) is 0 Å². The van der Waals surface area contributed by atoms with Crippen LogP contribution in [-0.2, 0) is 12.0 Å². The first-order valence-electron chi connectivity index (χ1n) is 12.1. The Labute approximate surface area is 207 Å². The lowest BCUT2D eigenvalue weighted by molar-refractivity contribution is 0.253. The SMILES string of the molecule is CN1Cc2ccccc2C(C2=CCN(CCCOc3ccc(C#N)cc3)C=C2)(c2ccccn2)C1. The van der Waals surface area contributed by atoms with Gasteiger partial charge in [-0.25, -0.2) is 0 Å².